The van der Waals surface area contributed by atoms with Crippen molar-refractivity contribution in [1.29, 1.82) is 0 Å². The molecule has 0 heterocycles. The topological polar surface area (TPSA) is 34.1 Å². The second-order valence-corrected chi connectivity index (χ2v) is 6.03. The lowest BCUT2D eigenvalue weighted by atomic mass is 10.1. The summed E-state index contributed by atoms with van der Waals surface area (Å²) >= 11 is 0. The van der Waals surface area contributed by atoms with Gasteiger partial charge in [-0.1, -0.05) is 6.07 Å². The molecule has 0 saturated heterocycles. The molecule has 0 aliphatic heterocycles. The van der Waals surface area contributed by atoms with Crippen LogP contribution in [0.5, 0.6) is 0 Å². The highest BCUT2D eigenvalue weighted by Crippen LogP contribution is 2.42. The number of alkyl halides is 2. The fourth-order valence-corrected chi connectivity index (χ4v) is 2.51. The van der Waals surface area contributed by atoms with E-state index in [0.717, 1.165) is 12.1 Å². The van der Waals surface area contributed by atoms with Gasteiger partial charge in [0.05, 0.1) is 4.90 Å². The van der Waals surface area contributed by atoms with Crippen molar-refractivity contribution in [2.75, 3.05) is 0 Å². The van der Waals surface area contributed by atoms with Crippen LogP contribution in [0.3, 0.4) is 0 Å². The zero-order valence-corrected chi connectivity index (χ0v) is 9.08. The molecular weight excluding hydrogens is 246 g/mol. The maximum Gasteiger partial charge on any atom is 0.273 e. The van der Waals surface area contributed by atoms with Gasteiger partial charge in [-0.15, -0.1) is 0 Å². The molecule has 0 unspecified atom stereocenters. The number of benzene rings is 1. The van der Waals surface area contributed by atoms with Gasteiger partial charge in [0.15, 0.2) is 0 Å². The van der Waals surface area contributed by atoms with E-state index in [2.05, 4.69) is 0 Å². The highest BCUT2D eigenvalue weighted by atomic mass is 35.7. The van der Waals surface area contributed by atoms with Gasteiger partial charge < -0.3 is 0 Å². The quantitative estimate of drug-likeness (QED) is 0.720. The van der Waals surface area contributed by atoms with E-state index in [1.54, 1.807) is 0 Å². The number of halogens is 3. The van der Waals surface area contributed by atoms with Crippen molar-refractivity contribution in [1.82, 2.24) is 0 Å². The fourth-order valence-electron chi connectivity index (χ4n) is 1.71. The maximum atomic E-state index is 13.2. The first-order valence-corrected chi connectivity index (χ1v) is 6.57. The smallest absolute Gasteiger partial charge is 0.207 e. The van der Waals surface area contributed by atoms with Crippen LogP contribution in [0.25, 0.3) is 0 Å². The zero-order chi connectivity index (χ0) is 11.3. The lowest BCUT2D eigenvalue weighted by molar-refractivity contribution is -0.00186. The molecule has 6 heteroatoms. The molecule has 1 aliphatic carbocycles. The van der Waals surface area contributed by atoms with E-state index >= 15 is 0 Å². The van der Waals surface area contributed by atoms with E-state index in [-0.39, 0.29) is 23.3 Å². The summed E-state index contributed by atoms with van der Waals surface area (Å²) in [6.07, 6.45) is -0.0866. The predicted molar refractivity (Wildman–Crippen MR) is 51.7 cm³/mol. The predicted octanol–water partition coefficient (Wildman–Crippen LogP) is 2.65. The summed E-state index contributed by atoms with van der Waals surface area (Å²) in [5, 5.41) is 0. The second-order valence-electron chi connectivity index (χ2n) is 3.46. The Bertz CT molecular complexity index is 511. The van der Waals surface area contributed by atoms with Crippen molar-refractivity contribution in [2.45, 2.75) is 23.7 Å². The molecule has 0 fully saturated rings. The van der Waals surface area contributed by atoms with Crippen LogP contribution < -0.4 is 0 Å². The first kappa shape index (κ1) is 10.8. The van der Waals surface area contributed by atoms with Crippen molar-refractivity contribution in [2.24, 2.45) is 0 Å². The van der Waals surface area contributed by atoms with Crippen LogP contribution in [-0.4, -0.2) is 8.42 Å². The molecule has 82 valence electrons. The Morgan fingerprint density at radius 3 is 2.60 bits per heavy atom. The Morgan fingerprint density at radius 1 is 1.33 bits per heavy atom. The van der Waals surface area contributed by atoms with E-state index in [9.17, 15) is 17.2 Å². The SMILES string of the molecule is O=S(=O)(Cl)c1ccc2c(c1)CCC2(F)F. The highest BCUT2D eigenvalue weighted by Gasteiger charge is 2.39. The Balaban J connectivity index is 2.56. The van der Waals surface area contributed by atoms with Crippen LogP contribution in [0, 0.1) is 0 Å². The normalized spacial score (nSPS) is 18.9. The third-order valence-corrected chi connectivity index (χ3v) is 3.81. The van der Waals surface area contributed by atoms with Crippen LogP contribution in [0.15, 0.2) is 23.1 Å². The molecule has 2 nitrogen and oxygen atoms in total. The monoisotopic (exact) mass is 252 g/mol. The van der Waals surface area contributed by atoms with Gasteiger partial charge in [-0.2, -0.15) is 0 Å². The summed E-state index contributed by atoms with van der Waals surface area (Å²) in [5.74, 6) is -2.84. The summed E-state index contributed by atoms with van der Waals surface area (Å²) < 4.78 is 48.3. The van der Waals surface area contributed by atoms with Crippen LogP contribution in [0.4, 0.5) is 8.78 Å². The molecule has 0 spiro atoms. The Hall–Kier alpha value is -0.680. The molecule has 15 heavy (non-hydrogen) atoms. The summed E-state index contributed by atoms with van der Waals surface area (Å²) in [5.41, 5.74) is 0.272. The molecule has 0 bridgehead atoms. The van der Waals surface area contributed by atoms with Gasteiger partial charge in [0.1, 0.15) is 0 Å². The lowest BCUT2D eigenvalue weighted by Gasteiger charge is -2.09. The van der Waals surface area contributed by atoms with Gasteiger partial charge in [0, 0.05) is 22.7 Å². The van der Waals surface area contributed by atoms with E-state index < -0.39 is 15.0 Å². The zero-order valence-electron chi connectivity index (χ0n) is 7.50. The van der Waals surface area contributed by atoms with Gasteiger partial charge in [0.25, 0.3) is 15.0 Å². The third-order valence-electron chi connectivity index (χ3n) is 2.46. The first-order valence-electron chi connectivity index (χ1n) is 4.26. The first-order chi connectivity index (χ1) is 6.81. The van der Waals surface area contributed by atoms with Crippen LogP contribution in [-0.2, 0) is 21.4 Å². The molecule has 1 aromatic rings. The van der Waals surface area contributed by atoms with Crippen LogP contribution in [0.2, 0.25) is 0 Å². The number of hydrogen-bond donors (Lipinski definition) is 0. The van der Waals surface area contributed by atoms with Crippen molar-refractivity contribution < 1.29 is 17.2 Å². The minimum absolute atomic E-state index is 0.0911. The van der Waals surface area contributed by atoms with Gasteiger partial charge in [-0.05, 0) is 24.1 Å². The molecule has 1 aromatic carbocycles. The Morgan fingerprint density at radius 2 is 2.00 bits per heavy atom. The molecule has 0 saturated carbocycles. The van der Waals surface area contributed by atoms with Crippen molar-refractivity contribution in [3.8, 4) is 0 Å². The van der Waals surface area contributed by atoms with Crippen LogP contribution in [0.1, 0.15) is 17.5 Å². The molecule has 0 amide bonds. The fraction of sp³-hybridized carbons (Fsp3) is 0.333. The summed E-state index contributed by atoms with van der Waals surface area (Å²) in [7, 11) is 1.28. The van der Waals surface area contributed by atoms with Gasteiger partial charge >= 0.3 is 0 Å². The minimum Gasteiger partial charge on any atom is -0.207 e. The van der Waals surface area contributed by atoms with Crippen molar-refractivity contribution >= 4 is 19.7 Å². The molecule has 0 aromatic heterocycles. The molecule has 2 rings (SSSR count). The minimum atomic E-state index is -3.83. The standard InChI is InChI=1S/C9H7ClF2O2S/c10-15(13,14)7-1-2-8-6(5-7)3-4-9(8,11)12/h1-2,5H,3-4H2. The van der Waals surface area contributed by atoms with E-state index in [1.165, 1.54) is 6.07 Å². The van der Waals surface area contributed by atoms with Crippen molar-refractivity contribution in [3.05, 3.63) is 29.3 Å². The number of hydrogen-bond acceptors (Lipinski definition) is 2. The molecule has 0 atom stereocenters. The number of rotatable bonds is 1. The third kappa shape index (κ3) is 1.86. The van der Waals surface area contributed by atoms with Gasteiger partial charge in [-0.3, -0.25) is 0 Å². The molecule has 1 aliphatic rings. The van der Waals surface area contributed by atoms with E-state index in [0.29, 0.717) is 5.56 Å². The largest absolute Gasteiger partial charge is 0.273 e. The van der Waals surface area contributed by atoms with E-state index in [4.69, 9.17) is 10.7 Å². The Kier molecular flexibility index (Phi) is 2.28. The summed E-state index contributed by atoms with van der Waals surface area (Å²) in [6.45, 7) is 0. The molecular formula is C9H7ClF2O2S. The maximum absolute atomic E-state index is 13.2. The number of fused-ring (bicyclic) bond motifs is 1. The highest BCUT2D eigenvalue weighted by molar-refractivity contribution is 8.13. The number of aryl methyl sites for hydroxylation is 1. The lowest BCUT2D eigenvalue weighted by Crippen LogP contribution is -2.07. The molecule has 0 N–H and O–H groups in total. The van der Waals surface area contributed by atoms with Crippen molar-refractivity contribution in [3.63, 3.8) is 0 Å². The molecule has 0 radical (unpaired) electrons. The van der Waals surface area contributed by atoms with Gasteiger partial charge in [0.2, 0.25) is 0 Å². The van der Waals surface area contributed by atoms with Crippen LogP contribution >= 0.6 is 10.7 Å². The van der Waals surface area contributed by atoms with E-state index in [1.807, 2.05) is 0 Å². The summed E-state index contributed by atoms with van der Waals surface area (Å²) in [4.78, 5) is -0.124. The average Bonchev–Trinajstić information content (AvgIpc) is 2.41. The second kappa shape index (κ2) is 3.15. The summed E-state index contributed by atoms with van der Waals surface area (Å²) in [6, 6.07) is 3.47. The van der Waals surface area contributed by atoms with Gasteiger partial charge in [-0.25, -0.2) is 17.2 Å². The average molecular weight is 253 g/mol. The Labute approximate surface area is 90.3 Å².